The topological polar surface area (TPSA) is 73.9 Å². The van der Waals surface area contributed by atoms with E-state index in [0.717, 1.165) is 12.8 Å². The summed E-state index contributed by atoms with van der Waals surface area (Å²) < 4.78 is 15.4. The first-order valence-electron chi connectivity index (χ1n) is 8.86. The van der Waals surface area contributed by atoms with Gasteiger partial charge in [-0.25, -0.2) is 4.79 Å². The number of hydrogen-bond donors (Lipinski definition) is 1. The van der Waals surface area contributed by atoms with Crippen molar-refractivity contribution in [3.63, 3.8) is 0 Å². The van der Waals surface area contributed by atoms with E-state index in [0.29, 0.717) is 11.5 Å². The lowest BCUT2D eigenvalue weighted by Crippen LogP contribution is -2.36. The molecule has 1 amide bonds. The lowest BCUT2D eigenvalue weighted by Gasteiger charge is -2.14. The van der Waals surface area contributed by atoms with Crippen molar-refractivity contribution >= 4 is 23.5 Å². The van der Waals surface area contributed by atoms with Crippen LogP contribution in [0.1, 0.15) is 29.3 Å². The third-order valence-electron chi connectivity index (χ3n) is 4.12. The van der Waals surface area contributed by atoms with Gasteiger partial charge in [0.05, 0.1) is 24.8 Å². The highest BCUT2D eigenvalue weighted by Crippen LogP contribution is 2.36. The molecule has 2 aromatic rings. The van der Waals surface area contributed by atoms with Crippen molar-refractivity contribution in [2.45, 2.75) is 25.8 Å². The molecule has 150 valence electrons. The third kappa shape index (κ3) is 6.16. The molecule has 6 nitrogen and oxygen atoms in total. The zero-order valence-corrected chi connectivity index (χ0v) is 16.9. The Hall–Kier alpha value is -2.73. The van der Waals surface area contributed by atoms with Crippen LogP contribution in [-0.2, 0) is 16.0 Å². The Bertz CT molecular complexity index is 810. The Labute approximate surface area is 169 Å². The largest absolute Gasteiger partial charge is 0.493 e. The van der Waals surface area contributed by atoms with Gasteiger partial charge in [0.25, 0.3) is 5.91 Å². The highest BCUT2D eigenvalue weighted by Gasteiger charge is 2.17. The van der Waals surface area contributed by atoms with Gasteiger partial charge in [-0.2, -0.15) is 0 Å². The number of hydrogen-bond acceptors (Lipinski definition) is 5. The van der Waals surface area contributed by atoms with Gasteiger partial charge in [-0.1, -0.05) is 41.9 Å². The maximum absolute atomic E-state index is 12.2. The van der Waals surface area contributed by atoms with Gasteiger partial charge in [-0.3, -0.25) is 4.79 Å². The molecule has 1 N–H and O–H groups in total. The molecule has 0 fully saturated rings. The minimum atomic E-state index is -0.671. The van der Waals surface area contributed by atoms with E-state index in [9.17, 15) is 9.59 Å². The van der Waals surface area contributed by atoms with Gasteiger partial charge in [0, 0.05) is 6.04 Å². The van der Waals surface area contributed by atoms with Crippen molar-refractivity contribution in [1.82, 2.24) is 5.32 Å². The van der Waals surface area contributed by atoms with Crippen LogP contribution in [-0.4, -0.2) is 38.7 Å². The molecule has 28 heavy (non-hydrogen) atoms. The average Bonchev–Trinajstić information content (AvgIpc) is 2.70. The first kappa shape index (κ1) is 21.6. The Balaban J connectivity index is 1.83. The monoisotopic (exact) mass is 405 g/mol. The second-order valence-corrected chi connectivity index (χ2v) is 6.67. The van der Waals surface area contributed by atoms with Crippen molar-refractivity contribution in [3.05, 3.63) is 58.6 Å². The van der Waals surface area contributed by atoms with Gasteiger partial charge in [-0.15, -0.1) is 0 Å². The molecule has 0 bridgehead atoms. The number of methoxy groups -OCH3 is 2. The Morgan fingerprint density at radius 2 is 1.82 bits per heavy atom. The number of ether oxygens (including phenoxy) is 3. The van der Waals surface area contributed by atoms with Crippen LogP contribution in [0, 0.1) is 0 Å². The summed E-state index contributed by atoms with van der Waals surface area (Å²) in [4.78, 5) is 24.2. The van der Waals surface area contributed by atoms with Gasteiger partial charge in [0.2, 0.25) is 0 Å². The standard InChI is InChI=1S/C21H24ClNO5/c1-14(9-10-15-7-5-4-6-8-15)23-19(24)13-28-21(25)16-11-17(22)20(27-3)18(12-16)26-2/h4-8,11-12,14H,9-10,13H2,1-3H3,(H,23,24)/t14-/m0/s1. The van der Waals surface area contributed by atoms with Crippen LogP contribution < -0.4 is 14.8 Å². The van der Waals surface area contributed by atoms with Crippen LogP contribution in [0.15, 0.2) is 42.5 Å². The molecular weight excluding hydrogens is 382 g/mol. The van der Waals surface area contributed by atoms with Gasteiger partial charge in [-0.05, 0) is 37.5 Å². The molecule has 0 aliphatic heterocycles. The van der Waals surface area contributed by atoms with Crippen molar-refractivity contribution in [1.29, 1.82) is 0 Å². The SMILES string of the molecule is COc1cc(C(=O)OCC(=O)N[C@@H](C)CCc2ccccc2)cc(Cl)c1OC. The number of rotatable bonds is 9. The van der Waals surface area contributed by atoms with E-state index in [1.807, 2.05) is 37.3 Å². The summed E-state index contributed by atoms with van der Waals surface area (Å²) in [6.45, 7) is 1.54. The van der Waals surface area contributed by atoms with Crippen LogP contribution in [0.5, 0.6) is 11.5 Å². The second kappa shape index (κ2) is 10.6. The molecule has 0 aliphatic carbocycles. The number of aryl methyl sites for hydroxylation is 1. The van der Waals surface area contributed by atoms with Gasteiger partial charge in [0.15, 0.2) is 18.1 Å². The number of halogens is 1. The summed E-state index contributed by atoms with van der Waals surface area (Å²) >= 11 is 6.08. The average molecular weight is 406 g/mol. The lowest BCUT2D eigenvalue weighted by molar-refractivity contribution is -0.124. The molecule has 0 aliphatic rings. The second-order valence-electron chi connectivity index (χ2n) is 6.26. The van der Waals surface area contributed by atoms with E-state index < -0.39 is 5.97 Å². The van der Waals surface area contributed by atoms with Crippen molar-refractivity contribution in [2.75, 3.05) is 20.8 Å². The molecule has 0 saturated carbocycles. The van der Waals surface area contributed by atoms with E-state index in [2.05, 4.69) is 5.32 Å². The smallest absolute Gasteiger partial charge is 0.338 e. The van der Waals surface area contributed by atoms with Crippen LogP contribution >= 0.6 is 11.6 Å². The summed E-state index contributed by atoms with van der Waals surface area (Å²) in [7, 11) is 2.89. The van der Waals surface area contributed by atoms with E-state index >= 15 is 0 Å². The molecule has 0 aromatic heterocycles. The number of esters is 1. The summed E-state index contributed by atoms with van der Waals surface area (Å²) in [6.07, 6.45) is 1.64. The number of nitrogens with one attached hydrogen (secondary N) is 1. The molecule has 2 rings (SSSR count). The normalized spacial score (nSPS) is 11.4. The van der Waals surface area contributed by atoms with E-state index in [1.54, 1.807) is 0 Å². The molecule has 0 radical (unpaired) electrons. The van der Waals surface area contributed by atoms with Crippen molar-refractivity contribution in [2.24, 2.45) is 0 Å². The minimum Gasteiger partial charge on any atom is -0.493 e. The summed E-state index contributed by atoms with van der Waals surface area (Å²) in [6, 6.07) is 12.8. The van der Waals surface area contributed by atoms with E-state index in [-0.39, 0.29) is 29.1 Å². The maximum Gasteiger partial charge on any atom is 0.338 e. The summed E-state index contributed by atoms with van der Waals surface area (Å²) in [5.41, 5.74) is 1.38. The zero-order chi connectivity index (χ0) is 20.5. The first-order chi connectivity index (χ1) is 13.4. The molecule has 0 spiro atoms. The minimum absolute atomic E-state index is 0.0399. The molecule has 0 heterocycles. The van der Waals surface area contributed by atoms with Crippen molar-refractivity contribution < 1.29 is 23.8 Å². The Morgan fingerprint density at radius 1 is 1.11 bits per heavy atom. The highest BCUT2D eigenvalue weighted by atomic mass is 35.5. The van der Waals surface area contributed by atoms with E-state index in [1.165, 1.54) is 31.9 Å². The maximum atomic E-state index is 12.2. The Morgan fingerprint density at radius 3 is 2.46 bits per heavy atom. The van der Waals surface area contributed by atoms with Crippen LogP contribution in [0.4, 0.5) is 0 Å². The number of carbonyl (C=O) groups is 2. The quantitative estimate of drug-likeness (QED) is 0.644. The fourth-order valence-electron chi connectivity index (χ4n) is 2.67. The van der Waals surface area contributed by atoms with Crippen LogP contribution in [0.3, 0.4) is 0 Å². The fraction of sp³-hybridized carbons (Fsp3) is 0.333. The third-order valence-corrected chi connectivity index (χ3v) is 4.40. The van der Waals surface area contributed by atoms with Gasteiger partial charge < -0.3 is 19.5 Å². The van der Waals surface area contributed by atoms with Gasteiger partial charge >= 0.3 is 5.97 Å². The first-order valence-corrected chi connectivity index (χ1v) is 9.24. The van der Waals surface area contributed by atoms with E-state index in [4.69, 9.17) is 25.8 Å². The zero-order valence-electron chi connectivity index (χ0n) is 16.2. The molecular formula is C21H24ClNO5. The number of amides is 1. The predicted molar refractivity (Wildman–Crippen MR) is 107 cm³/mol. The molecule has 7 heteroatoms. The molecule has 2 aromatic carbocycles. The molecule has 0 unspecified atom stereocenters. The number of carbonyl (C=O) groups excluding carboxylic acids is 2. The molecule has 1 atom stereocenters. The predicted octanol–water partition coefficient (Wildman–Crippen LogP) is 3.65. The molecule has 0 saturated heterocycles. The Kier molecular flexibility index (Phi) is 8.14. The fourth-order valence-corrected chi connectivity index (χ4v) is 2.95. The highest BCUT2D eigenvalue weighted by molar-refractivity contribution is 6.32. The number of benzene rings is 2. The van der Waals surface area contributed by atoms with Crippen LogP contribution in [0.25, 0.3) is 0 Å². The summed E-state index contributed by atoms with van der Waals surface area (Å²) in [5, 5.41) is 3.04. The summed E-state index contributed by atoms with van der Waals surface area (Å²) in [5.74, 6) is -0.401. The van der Waals surface area contributed by atoms with Crippen LogP contribution in [0.2, 0.25) is 5.02 Å². The van der Waals surface area contributed by atoms with Crippen molar-refractivity contribution in [3.8, 4) is 11.5 Å². The van der Waals surface area contributed by atoms with Gasteiger partial charge in [0.1, 0.15) is 0 Å². The lowest BCUT2D eigenvalue weighted by atomic mass is 10.1.